The van der Waals surface area contributed by atoms with Crippen LogP contribution in [-0.2, 0) is 14.8 Å². The number of sulfonamides is 1. The Hall–Kier alpha value is -1.35. The Morgan fingerprint density at radius 2 is 1.78 bits per heavy atom. The molecular formula is C9H19N3O5S. The minimum Gasteiger partial charge on any atom is -0.481 e. The molecule has 18 heavy (non-hydrogen) atoms. The molecule has 0 saturated carbocycles. The number of hydrogen-bond donors (Lipinski definition) is 4. The van der Waals surface area contributed by atoms with E-state index in [1.165, 1.54) is 6.92 Å². The smallest absolute Gasteiger partial charge is 0.315 e. The van der Waals surface area contributed by atoms with Gasteiger partial charge in [0.15, 0.2) is 0 Å². The summed E-state index contributed by atoms with van der Waals surface area (Å²) < 4.78 is 23.6. The highest BCUT2D eigenvalue weighted by atomic mass is 32.2. The van der Waals surface area contributed by atoms with Crippen molar-refractivity contribution in [1.29, 1.82) is 0 Å². The summed E-state index contributed by atoms with van der Waals surface area (Å²) in [4.78, 5) is 22.0. The molecule has 4 N–H and O–H groups in total. The molecule has 8 nitrogen and oxygen atoms in total. The van der Waals surface area contributed by atoms with Gasteiger partial charge in [0.05, 0.1) is 12.2 Å². The number of aliphatic carboxylic acids is 1. The zero-order valence-electron chi connectivity index (χ0n) is 10.6. The third-order valence-electron chi connectivity index (χ3n) is 2.27. The molecule has 0 aromatic rings. The summed E-state index contributed by atoms with van der Waals surface area (Å²) in [5.74, 6) is -1.70. The molecule has 0 aromatic carbocycles. The molecule has 0 aliphatic carbocycles. The van der Waals surface area contributed by atoms with Crippen molar-refractivity contribution in [3.8, 4) is 0 Å². The van der Waals surface area contributed by atoms with E-state index in [-0.39, 0.29) is 13.1 Å². The van der Waals surface area contributed by atoms with Gasteiger partial charge in [-0.2, -0.15) is 0 Å². The Balaban J connectivity index is 3.88. The lowest BCUT2D eigenvalue weighted by Crippen LogP contribution is -2.46. The van der Waals surface area contributed by atoms with Crippen LogP contribution in [0.2, 0.25) is 0 Å². The van der Waals surface area contributed by atoms with Crippen LogP contribution in [-0.4, -0.2) is 50.9 Å². The van der Waals surface area contributed by atoms with E-state index in [4.69, 9.17) is 5.11 Å². The molecule has 0 spiro atoms. The van der Waals surface area contributed by atoms with E-state index in [0.29, 0.717) is 0 Å². The summed E-state index contributed by atoms with van der Waals surface area (Å²) in [5.41, 5.74) is 0. The van der Waals surface area contributed by atoms with Crippen molar-refractivity contribution in [2.45, 2.75) is 19.9 Å². The second-order valence-corrected chi connectivity index (χ2v) is 5.82. The van der Waals surface area contributed by atoms with E-state index in [9.17, 15) is 18.0 Å². The zero-order valence-corrected chi connectivity index (χ0v) is 11.4. The molecule has 0 aliphatic heterocycles. The van der Waals surface area contributed by atoms with Crippen LogP contribution in [0.5, 0.6) is 0 Å². The number of hydrogen-bond acceptors (Lipinski definition) is 4. The van der Waals surface area contributed by atoms with Gasteiger partial charge in [-0.1, -0.05) is 0 Å². The Morgan fingerprint density at radius 1 is 1.22 bits per heavy atom. The average molecular weight is 281 g/mol. The quantitative estimate of drug-likeness (QED) is 0.443. The minimum atomic E-state index is -3.27. The van der Waals surface area contributed by atoms with E-state index in [1.807, 2.05) is 0 Å². The lowest BCUT2D eigenvalue weighted by molar-refractivity contribution is -0.141. The van der Waals surface area contributed by atoms with Crippen LogP contribution in [0.25, 0.3) is 0 Å². The van der Waals surface area contributed by atoms with Crippen LogP contribution >= 0.6 is 0 Å². The van der Waals surface area contributed by atoms with Gasteiger partial charge in [0.25, 0.3) is 0 Å². The Morgan fingerprint density at radius 3 is 2.22 bits per heavy atom. The summed E-state index contributed by atoms with van der Waals surface area (Å²) >= 11 is 0. The lowest BCUT2D eigenvalue weighted by atomic mass is 10.0. The largest absolute Gasteiger partial charge is 0.481 e. The monoisotopic (exact) mass is 281 g/mol. The Labute approximate surface area is 106 Å². The SMILES string of the molecule is CC(NC(=O)NCCNS(C)(=O)=O)C(C)C(=O)O. The minimum absolute atomic E-state index is 0.0785. The number of carbonyl (C=O) groups is 2. The molecule has 0 heterocycles. The number of urea groups is 1. The van der Waals surface area contributed by atoms with Gasteiger partial charge < -0.3 is 15.7 Å². The maximum atomic E-state index is 11.3. The number of nitrogens with one attached hydrogen (secondary N) is 3. The molecule has 0 rings (SSSR count). The predicted octanol–water partition coefficient (Wildman–Crippen LogP) is -1.06. The standard InChI is InChI=1S/C9H19N3O5S/c1-6(8(13)14)7(2)12-9(15)10-4-5-11-18(3,16)17/h6-7,11H,4-5H2,1-3H3,(H,13,14)(H2,10,12,15). The highest BCUT2D eigenvalue weighted by molar-refractivity contribution is 7.88. The molecule has 0 saturated heterocycles. The van der Waals surface area contributed by atoms with Gasteiger partial charge in [-0.3, -0.25) is 4.79 Å². The second kappa shape index (κ2) is 7.17. The van der Waals surface area contributed by atoms with Crippen LogP contribution in [0.3, 0.4) is 0 Å². The van der Waals surface area contributed by atoms with Crippen molar-refractivity contribution >= 4 is 22.0 Å². The van der Waals surface area contributed by atoms with Crippen LogP contribution in [0.15, 0.2) is 0 Å². The number of carbonyl (C=O) groups excluding carboxylic acids is 1. The maximum absolute atomic E-state index is 11.3. The Bertz CT molecular complexity index is 395. The first-order valence-corrected chi connectivity index (χ1v) is 7.24. The summed E-state index contributed by atoms with van der Waals surface area (Å²) in [5, 5.41) is 13.6. The van der Waals surface area contributed by atoms with Crippen LogP contribution in [0.1, 0.15) is 13.8 Å². The zero-order chi connectivity index (χ0) is 14.3. The normalized spacial score (nSPS) is 14.6. The van der Waals surface area contributed by atoms with E-state index >= 15 is 0 Å². The molecule has 0 aromatic heterocycles. The van der Waals surface area contributed by atoms with Gasteiger partial charge >= 0.3 is 12.0 Å². The van der Waals surface area contributed by atoms with Crippen molar-refractivity contribution in [3.05, 3.63) is 0 Å². The fraction of sp³-hybridized carbons (Fsp3) is 0.778. The van der Waals surface area contributed by atoms with Crippen molar-refractivity contribution in [2.24, 2.45) is 5.92 Å². The third-order valence-corrected chi connectivity index (χ3v) is 3.00. The van der Waals surface area contributed by atoms with Crippen LogP contribution in [0, 0.1) is 5.92 Å². The van der Waals surface area contributed by atoms with E-state index < -0.39 is 34.0 Å². The highest BCUT2D eigenvalue weighted by Crippen LogP contribution is 2.01. The van der Waals surface area contributed by atoms with E-state index in [0.717, 1.165) is 6.26 Å². The summed E-state index contributed by atoms with van der Waals surface area (Å²) in [6.07, 6.45) is 1.02. The van der Waals surface area contributed by atoms with Gasteiger partial charge in [-0.05, 0) is 13.8 Å². The molecule has 106 valence electrons. The topological polar surface area (TPSA) is 125 Å². The van der Waals surface area contributed by atoms with E-state index in [2.05, 4.69) is 15.4 Å². The van der Waals surface area contributed by atoms with Crippen molar-refractivity contribution in [2.75, 3.05) is 19.3 Å². The van der Waals surface area contributed by atoms with Gasteiger partial charge in [-0.15, -0.1) is 0 Å². The fourth-order valence-electron chi connectivity index (χ4n) is 1.01. The lowest BCUT2D eigenvalue weighted by Gasteiger charge is -2.18. The van der Waals surface area contributed by atoms with E-state index in [1.54, 1.807) is 6.92 Å². The van der Waals surface area contributed by atoms with Crippen molar-refractivity contribution < 1.29 is 23.1 Å². The van der Waals surface area contributed by atoms with Crippen LogP contribution in [0.4, 0.5) is 4.79 Å². The molecule has 2 unspecified atom stereocenters. The molecule has 2 amide bonds. The molecule has 9 heteroatoms. The van der Waals surface area contributed by atoms with Crippen molar-refractivity contribution in [3.63, 3.8) is 0 Å². The van der Waals surface area contributed by atoms with Gasteiger partial charge in [0.1, 0.15) is 0 Å². The average Bonchev–Trinajstić information content (AvgIpc) is 2.21. The van der Waals surface area contributed by atoms with Gasteiger partial charge in [-0.25, -0.2) is 17.9 Å². The van der Waals surface area contributed by atoms with Crippen LogP contribution < -0.4 is 15.4 Å². The highest BCUT2D eigenvalue weighted by Gasteiger charge is 2.20. The number of carboxylic acids is 1. The fourth-order valence-corrected chi connectivity index (χ4v) is 1.48. The second-order valence-electron chi connectivity index (χ2n) is 3.98. The molecule has 0 fully saturated rings. The first kappa shape index (κ1) is 16.6. The molecule has 0 aliphatic rings. The predicted molar refractivity (Wildman–Crippen MR) is 65.6 cm³/mol. The molecule has 0 bridgehead atoms. The molecular weight excluding hydrogens is 262 g/mol. The molecule has 0 radical (unpaired) electrons. The number of carboxylic acid groups (broad SMARTS) is 1. The number of rotatable bonds is 7. The van der Waals surface area contributed by atoms with Crippen molar-refractivity contribution in [1.82, 2.24) is 15.4 Å². The summed E-state index contributed by atoms with van der Waals surface area (Å²) in [7, 11) is -3.27. The summed E-state index contributed by atoms with van der Waals surface area (Å²) in [6, 6.07) is -1.06. The maximum Gasteiger partial charge on any atom is 0.315 e. The summed E-state index contributed by atoms with van der Waals surface area (Å²) in [6.45, 7) is 3.26. The first-order chi connectivity index (χ1) is 8.13. The number of amides is 2. The van der Waals surface area contributed by atoms with Gasteiger partial charge in [0.2, 0.25) is 10.0 Å². The van der Waals surface area contributed by atoms with Gasteiger partial charge in [0, 0.05) is 19.1 Å². The first-order valence-electron chi connectivity index (χ1n) is 5.35. The molecule has 2 atom stereocenters. The Kier molecular flexibility index (Phi) is 6.63. The third kappa shape index (κ3) is 7.85.